The van der Waals surface area contributed by atoms with Gasteiger partial charge in [0.1, 0.15) is 11.8 Å². The van der Waals surface area contributed by atoms with E-state index >= 15 is 0 Å². The maximum atomic E-state index is 12.9. The van der Waals surface area contributed by atoms with Crippen LogP contribution in [0.2, 0.25) is 0 Å². The van der Waals surface area contributed by atoms with Crippen LogP contribution in [0.1, 0.15) is 10.7 Å². The molecule has 138 valence electrons. The van der Waals surface area contributed by atoms with Crippen molar-refractivity contribution in [3.8, 4) is 11.8 Å². The average molecular weight is 388 g/mol. The maximum Gasteiger partial charge on any atom is 0.296 e. The van der Waals surface area contributed by atoms with E-state index in [-0.39, 0.29) is 11.3 Å². The summed E-state index contributed by atoms with van der Waals surface area (Å²) in [5.74, 6) is 0. The summed E-state index contributed by atoms with van der Waals surface area (Å²) in [6.07, 6.45) is 0. The fourth-order valence-electron chi connectivity index (χ4n) is 2.90. The smallest absolute Gasteiger partial charge is 0.283 e. The SMILES string of the molecule is Cc1c(N/N=C(\C#N)c2nc3ccccc3s2)c(=O)n(-c2ccccc2)n1C. The quantitative estimate of drug-likeness (QED) is 0.428. The molecule has 0 spiro atoms. The first-order chi connectivity index (χ1) is 13.6. The lowest BCUT2D eigenvalue weighted by atomic mass is 10.3. The number of hydrazone groups is 1. The highest BCUT2D eigenvalue weighted by atomic mass is 32.1. The van der Waals surface area contributed by atoms with Gasteiger partial charge < -0.3 is 0 Å². The molecular formula is C20H16N6OS. The molecule has 0 aliphatic carbocycles. The standard InChI is InChI=1S/C20H16N6OS/c1-13-18(20(27)26(25(13)2)14-8-4-3-5-9-14)24-23-16(12-21)19-22-15-10-6-7-11-17(15)28-19/h3-11,24H,1-2H3/b23-16+. The molecule has 0 unspecified atom stereocenters. The van der Waals surface area contributed by atoms with Crippen LogP contribution in [0, 0.1) is 18.3 Å². The van der Waals surface area contributed by atoms with Crippen LogP contribution in [-0.2, 0) is 7.05 Å². The molecule has 4 aromatic rings. The molecule has 4 rings (SSSR count). The number of rotatable bonds is 4. The van der Waals surface area contributed by atoms with Gasteiger partial charge in [0.15, 0.2) is 10.7 Å². The normalized spacial score (nSPS) is 11.5. The number of thiazole rings is 1. The van der Waals surface area contributed by atoms with Gasteiger partial charge in [-0.2, -0.15) is 10.4 Å². The third kappa shape index (κ3) is 2.98. The number of nitrogens with one attached hydrogen (secondary N) is 1. The van der Waals surface area contributed by atoms with Gasteiger partial charge in [0.05, 0.1) is 21.6 Å². The second-order valence-corrected chi connectivity index (χ2v) is 7.14. The van der Waals surface area contributed by atoms with Gasteiger partial charge in [-0.1, -0.05) is 30.3 Å². The minimum atomic E-state index is -0.239. The number of nitrogens with zero attached hydrogens (tertiary/aromatic N) is 5. The van der Waals surface area contributed by atoms with Crippen LogP contribution < -0.4 is 11.0 Å². The molecule has 8 heteroatoms. The summed E-state index contributed by atoms with van der Waals surface area (Å²) in [4.78, 5) is 17.4. The molecule has 0 bridgehead atoms. The first kappa shape index (κ1) is 17.7. The Kier molecular flexibility index (Phi) is 4.51. The van der Waals surface area contributed by atoms with Gasteiger partial charge in [0.2, 0.25) is 0 Å². The number of fused-ring (bicyclic) bond motifs is 1. The van der Waals surface area contributed by atoms with Crippen LogP contribution in [0.15, 0.2) is 64.5 Å². The van der Waals surface area contributed by atoms with Crippen LogP contribution in [0.25, 0.3) is 15.9 Å². The summed E-state index contributed by atoms with van der Waals surface area (Å²) in [5, 5.41) is 14.2. The Balaban J connectivity index is 1.72. The van der Waals surface area contributed by atoms with Gasteiger partial charge >= 0.3 is 0 Å². The third-order valence-electron chi connectivity index (χ3n) is 4.44. The lowest BCUT2D eigenvalue weighted by molar-refractivity contribution is 0.630. The van der Waals surface area contributed by atoms with E-state index in [0.717, 1.165) is 15.9 Å². The van der Waals surface area contributed by atoms with Gasteiger partial charge in [-0.05, 0) is 31.2 Å². The van der Waals surface area contributed by atoms with E-state index in [1.807, 2.05) is 61.5 Å². The zero-order chi connectivity index (χ0) is 19.7. The first-order valence-electron chi connectivity index (χ1n) is 8.54. The van der Waals surface area contributed by atoms with Crippen LogP contribution >= 0.6 is 11.3 Å². The molecule has 0 aliphatic heterocycles. The highest BCUT2D eigenvalue weighted by Gasteiger charge is 2.17. The number of aromatic nitrogens is 3. The van der Waals surface area contributed by atoms with Crippen molar-refractivity contribution in [1.29, 1.82) is 5.26 Å². The molecular weight excluding hydrogens is 372 g/mol. The minimum Gasteiger partial charge on any atom is -0.283 e. The van der Waals surface area contributed by atoms with Crippen molar-refractivity contribution in [2.24, 2.45) is 12.1 Å². The molecule has 0 aliphatic rings. The Labute approximate surface area is 164 Å². The number of hydrogen-bond donors (Lipinski definition) is 1. The van der Waals surface area contributed by atoms with Crippen molar-refractivity contribution in [2.75, 3.05) is 5.43 Å². The Bertz CT molecular complexity index is 1260. The van der Waals surface area contributed by atoms with Crippen molar-refractivity contribution >= 4 is 33.0 Å². The molecule has 0 radical (unpaired) electrons. The molecule has 28 heavy (non-hydrogen) atoms. The molecule has 7 nitrogen and oxygen atoms in total. The van der Waals surface area contributed by atoms with E-state index in [1.165, 1.54) is 11.3 Å². The number of nitriles is 1. The first-order valence-corrected chi connectivity index (χ1v) is 9.35. The fraction of sp³-hybridized carbons (Fsp3) is 0.100. The maximum absolute atomic E-state index is 12.9. The molecule has 0 saturated carbocycles. The predicted molar refractivity (Wildman–Crippen MR) is 111 cm³/mol. The van der Waals surface area contributed by atoms with Crippen LogP contribution in [0.4, 0.5) is 5.69 Å². The van der Waals surface area contributed by atoms with E-state index in [1.54, 1.807) is 16.4 Å². The van der Waals surface area contributed by atoms with E-state index in [4.69, 9.17) is 0 Å². The minimum absolute atomic E-state index is 0.134. The highest BCUT2D eigenvalue weighted by molar-refractivity contribution is 7.20. The van der Waals surface area contributed by atoms with Crippen molar-refractivity contribution < 1.29 is 0 Å². The largest absolute Gasteiger partial charge is 0.296 e. The van der Waals surface area contributed by atoms with Crippen molar-refractivity contribution in [3.63, 3.8) is 0 Å². The molecule has 1 N–H and O–H groups in total. The number of anilines is 1. The van der Waals surface area contributed by atoms with Crippen molar-refractivity contribution in [3.05, 3.63) is 75.7 Å². The monoisotopic (exact) mass is 388 g/mol. The summed E-state index contributed by atoms with van der Waals surface area (Å²) >= 11 is 1.39. The summed E-state index contributed by atoms with van der Waals surface area (Å²) < 4.78 is 4.28. The van der Waals surface area contributed by atoms with E-state index in [2.05, 4.69) is 21.6 Å². The number of para-hydroxylation sites is 2. The third-order valence-corrected chi connectivity index (χ3v) is 5.48. The zero-order valence-electron chi connectivity index (χ0n) is 15.2. The van der Waals surface area contributed by atoms with Gasteiger partial charge in [-0.25, -0.2) is 9.67 Å². The average Bonchev–Trinajstić information content (AvgIpc) is 3.23. The van der Waals surface area contributed by atoms with Gasteiger partial charge in [0, 0.05) is 7.05 Å². The number of benzene rings is 2. The van der Waals surface area contributed by atoms with Gasteiger partial charge in [0.25, 0.3) is 5.56 Å². The lowest BCUT2D eigenvalue weighted by Gasteiger charge is -2.07. The predicted octanol–water partition coefficient (Wildman–Crippen LogP) is 3.43. The van der Waals surface area contributed by atoms with Gasteiger partial charge in [-0.15, -0.1) is 11.3 Å². The topological polar surface area (TPSA) is 88.0 Å². The van der Waals surface area contributed by atoms with E-state index in [9.17, 15) is 10.1 Å². The van der Waals surface area contributed by atoms with Crippen molar-refractivity contribution in [2.45, 2.75) is 6.92 Å². The summed E-state index contributed by atoms with van der Waals surface area (Å²) in [7, 11) is 1.80. The number of hydrogen-bond acceptors (Lipinski definition) is 6. The van der Waals surface area contributed by atoms with Crippen LogP contribution in [0.5, 0.6) is 0 Å². The molecule has 2 aromatic carbocycles. The Morgan fingerprint density at radius 2 is 1.89 bits per heavy atom. The summed E-state index contributed by atoms with van der Waals surface area (Å²) in [5.41, 5.74) is 5.27. The van der Waals surface area contributed by atoms with Crippen LogP contribution in [-0.4, -0.2) is 20.1 Å². The Hall–Kier alpha value is -3.70. The van der Waals surface area contributed by atoms with Crippen molar-refractivity contribution in [1.82, 2.24) is 14.3 Å². The summed E-state index contributed by atoms with van der Waals surface area (Å²) in [6, 6.07) is 19.1. The van der Waals surface area contributed by atoms with E-state index < -0.39 is 0 Å². The molecule has 0 fully saturated rings. The molecule has 0 saturated heterocycles. The van der Waals surface area contributed by atoms with E-state index in [0.29, 0.717) is 16.4 Å². The molecule has 2 aromatic heterocycles. The zero-order valence-corrected chi connectivity index (χ0v) is 16.1. The second-order valence-electron chi connectivity index (χ2n) is 6.11. The van der Waals surface area contributed by atoms with Gasteiger partial charge in [-0.3, -0.25) is 14.9 Å². The highest BCUT2D eigenvalue weighted by Crippen LogP contribution is 2.22. The Morgan fingerprint density at radius 1 is 1.18 bits per heavy atom. The molecule has 0 amide bonds. The fourth-order valence-corrected chi connectivity index (χ4v) is 3.81. The van der Waals surface area contributed by atoms with Crippen LogP contribution in [0.3, 0.4) is 0 Å². The second kappa shape index (κ2) is 7.13. The Morgan fingerprint density at radius 3 is 2.61 bits per heavy atom. The molecule has 2 heterocycles. The molecule has 0 atom stereocenters. The summed E-state index contributed by atoms with van der Waals surface area (Å²) in [6.45, 7) is 1.82. The lowest BCUT2D eigenvalue weighted by Crippen LogP contribution is -2.20.